The molecular weight excluding hydrogens is 366 g/mol. The largest absolute Gasteiger partial charge is 0.494 e. The van der Waals surface area contributed by atoms with Gasteiger partial charge in [0.2, 0.25) is 11.8 Å². The van der Waals surface area contributed by atoms with Gasteiger partial charge in [-0.1, -0.05) is 0 Å². The highest BCUT2D eigenvalue weighted by Gasteiger charge is 2.44. The number of fused-ring (bicyclic) bond motifs is 6. The van der Waals surface area contributed by atoms with Crippen molar-refractivity contribution >= 4 is 28.4 Å². The number of benzene rings is 1. The van der Waals surface area contributed by atoms with Gasteiger partial charge in [-0.05, 0) is 55.6 Å². The lowest BCUT2D eigenvalue weighted by Gasteiger charge is -2.14. The summed E-state index contributed by atoms with van der Waals surface area (Å²) in [5.41, 5.74) is 2.50. The number of thioether (sulfide) groups is 1. The normalized spacial score (nSPS) is 20.3. The molecule has 0 spiro atoms. The standard InChI is InChI=1S/C19H17N3O4S/c1-27-13-8-12(16-11(3-2-6-20-16)17(13)22(25)26)21-18(23)14-9-4-5-10(7-9)15(14)19(21)24/h2-3,6,8-10,23-24H,4-5,7H2,1H3. The van der Waals surface area contributed by atoms with Crippen molar-refractivity contribution in [3.8, 4) is 17.4 Å². The maximum absolute atomic E-state index is 11.6. The van der Waals surface area contributed by atoms with E-state index in [0.29, 0.717) is 21.5 Å². The molecule has 2 bridgehead atoms. The highest BCUT2D eigenvalue weighted by molar-refractivity contribution is 7.98. The average Bonchev–Trinajstić information content (AvgIpc) is 3.34. The predicted octanol–water partition coefficient (Wildman–Crippen LogP) is 4.43. The Balaban J connectivity index is 1.86. The lowest BCUT2D eigenvalue weighted by Crippen LogP contribution is -2.01. The highest BCUT2D eigenvalue weighted by Crippen LogP contribution is 2.60. The van der Waals surface area contributed by atoms with Crippen LogP contribution in [0.1, 0.15) is 42.2 Å². The summed E-state index contributed by atoms with van der Waals surface area (Å²) in [6.07, 6.45) is 6.34. The zero-order chi connectivity index (χ0) is 18.9. The second-order valence-electron chi connectivity index (χ2n) is 7.12. The van der Waals surface area contributed by atoms with Crippen LogP contribution in [0.3, 0.4) is 0 Å². The minimum Gasteiger partial charge on any atom is -0.494 e. The molecule has 2 aliphatic rings. The van der Waals surface area contributed by atoms with E-state index >= 15 is 0 Å². The molecular formula is C19H17N3O4S. The zero-order valence-electron chi connectivity index (χ0n) is 14.5. The number of aromatic nitrogens is 2. The van der Waals surface area contributed by atoms with E-state index in [0.717, 1.165) is 30.4 Å². The van der Waals surface area contributed by atoms with Crippen LogP contribution in [0, 0.1) is 10.1 Å². The molecule has 138 valence electrons. The van der Waals surface area contributed by atoms with Crippen molar-refractivity contribution in [1.82, 2.24) is 9.55 Å². The van der Waals surface area contributed by atoms with Gasteiger partial charge in [-0.25, -0.2) is 4.57 Å². The lowest BCUT2D eigenvalue weighted by atomic mass is 9.95. The fourth-order valence-corrected chi connectivity index (χ4v) is 5.44. The fraction of sp³-hybridized carbons (Fsp3) is 0.316. The van der Waals surface area contributed by atoms with Crippen LogP contribution in [0.15, 0.2) is 29.3 Å². The number of nitrogens with zero attached hydrogens (tertiary/aromatic N) is 3. The lowest BCUT2D eigenvalue weighted by molar-refractivity contribution is -0.385. The van der Waals surface area contributed by atoms with Crippen LogP contribution in [-0.4, -0.2) is 30.9 Å². The van der Waals surface area contributed by atoms with Gasteiger partial charge in [-0.3, -0.25) is 15.1 Å². The SMILES string of the molecule is CSc1cc(-n2c(O)c3c(c2O)C2CCC3C2)c2ncccc2c1[N+](=O)[O-]. The maximum atomic E-state index is 11.6. The van der Waals surface area contributed by atoms with Crippen LogP contribution in [0.5, 0.6) is 11.8 Å². The first-order valence-electron chi connectivity index (χ1n) is 8.79. The first-order chi connectivity index (χ1) is 13.0. The number of hydrogen-bond donors (Lipinski definition) is 2. The monoisotopic (exact) mass is 383 g/mol. The van der Waals surface area contributed by atoms with Crippen molar-refractivity contribution in [2.24, 2.45) is 0 Å². The number of pyridine rings is 1. The molecule has 0 aliphatic heterocycles. The molecule has 2 aromatic heterocycles. The summed E-state index contributed by atoms with van der Waals surface area (Å²) < 4.78 is 1.41. The van der Waals surface area contributed by atoms with Gasteiger partial charge in [0, 0.05) is 17.3 Å². The van der Waals surface area contributed by atoms with Gasteiger partial charge in [-0.2, -0.15) is 0 Å². The molecule has 0 radical (unpaired) electrons. The Bertz CT molecular complexity index is 1090. The molecule has 1 fully saturated rings. The number of aromatic hydroxyl groups is 2. The molecule has 0 saturated heterocycles. The number of hydrogen-bond acceptors (Lipinski definition) is 6. The van der Waals surface area contributed by atoms with E-state index in [1.54, 1.807) is 30.7 Å². The predicted molar refractivity (Wildman–Crippen MR) is 102 cm³/mol. The summed E-state index contributed by atoms with van der Waals surface area (Å²) in [4.78, 5) is 16.0. The van der Waals surface area contributed by atoms with E-state index in [1.807, 2.05) is 0 Å². The van der Waals surface area contributed by atoms with Gasteiger partial charge in [0.1, 0.15) is 5.52 Å². The smallest absolute Gasteiger partial charge is 0.292 e. The average molecular weight is 383 g/mol. The van der Waals surface area contributed by atoms with Gasteiger partial charge in [-0.15, -0.1) is 11.8 Å². The minimum atomic E-state index is -0.408. The van der Waals surface area contributed by atoms with Gasteiger partial charge in [0.25, 0.3) is 5.69 Å². The van der Waals surface area contributed by atoms with Crippen LogP contribution in [0.4, 0.5) is 5.69 Å². The van der Waals surface area contributed by atoms with E-state index in [-0.39, 0.29) is 29.3 Å². The Morgan fingerprint density at radius 1 is 1.26 bits per heavy atom. The Kier molecular flexibility index (Phi) is 3.42. The van der Waals surface area contributed by atoms with E-state index in [2.05, 4.69) is 4.98 Å². The molecule has 7 nitrogen and oxygen atoms in total. The Labute approximate surface area is 158 Å². The molecule has 5 rings (SSSR count). The molecule has 8 heteroatoms. The first-order valence-corrected chi connectivity index (χ1v) is 10.0. The number of rotatable bonds is 3. The molecule has 2 unspecified atom stereocenters. The molecule has 1 saturated carbocycles. The van der Waals surface area contributed by atoms with Crippen molar-refractivity contribution in [2.75, 3.05) is 6.26 Å². The number of nitro groups is 1. The van der Waals surface area contributed by atoms with Crippen LogP contribution >= 0.6 is 11.8 Å². The summed E-state index contributed by atoms with van der Waals surface area (Å²) in [6, 6.07) is 4.94. The van der Waals surface area contributed by atoms with Crippen molar-refractivity contribution in [2.45, 2.75) is 36.0 Å². The second kappa shape index (κ2) is 5.63. The molecule has 3 aromatic rings. The Morgan fingerprint density at radius 2 is 1.93 bits per heavy atom. The van der Waals surface area contributed by atoms with Crippen LogP contribution in [0.2, 0.25) is 0 Å². The van der Waals surface area contributed by atoms with Crippen LogP contribution in [-0.2, 0) is 0 Å². The first kappa shape index (κ1) is 16.4. The molecule has 1 aromatic carbocycles. The van der Waals surface area contributed by atoms with Crippen molar-refractivity contribution < 1.29 is 15.1 Å². The summed E-state index contributed by atoms with van der Waals surface area (Å²) in [5.74, 6) is 0.606. The molecule has 2 atom stereocenters. The summed E-state index contributed by atoms with van der Waals surface area (Å²) in [6.45, 7) is 0. The van der Waals surface area contributed by atoms with Crippen molar-refractivity contribution in [1.29, 1.82) is 0 Å². The third kappa shape index (κ3) is 2.07. The Hall–Kier alpha value is -2.74. The maximum Gasteiger partial charge on any atom is 0.292 e. The molecule has 0 amide bonds. The highest BCUT2D eigenvalue weighted by atomic mass is 32.2. The quantitative estimate of drug-likeness (QED) is 0.394. The number of nitro benzene ring substituents is 1. The van der Waals surface area contributed by atoms with E-state index < -0.39 is 4.92 Å². The zero-order valence-corrected chi connectivity index (χ0v) is 15.4. The molecule has 2 aliphatic carbocycles. The van der Waals surface area contributed by atoms with Gasteiger partial charge >= 0.3 is 0 Å². The summed E-state index contributed by atoms with van der Waals surface area (Å²) in [5, 5.41) is 33.9. The summed E-state index contributed by atoms with van der Waals surface area (Å²) >= 11 is 1.26. The summed E-state index contributed by atoms with van der Waals surface area (Å²) in [7, 11) is 0. The van der Waals surface area contributed by atoms with Gasteiger partial charge < -0.3 is 10.2 Å². The van der Waals surface area contributed by atoms with Gasteiger partial charge in [0.05, 0.1) is 20.9 Å². The topological polar surface area (TPSA) is 101 Å². The minimum absolute atomic E-state index is 0.00639. The third-order valence-electron chi connectivity index (χ3n) is 5.89. The Morgan fingerprint density at radius 3 is 2.52 bits per heavy atom. The van der Waals surface area contributed by atoms with E-state index in [9.17, 15) is 20.3 Å². The van der Waals surface area contributed by atoms with Crippen molar-refractivity contribution in [3.05, 3.63) is 45.6 Å². The fourth-order valence-electron chi connectivity index (χ4n) is 4.83. The molecule has 2 heterocycles. The van der Waals surface area contributed by atoms with E-state index in [4.69, 9.17) is 0 Å². The van der Waals surface area contributed by atoms with Gasteiger partial charge in [0.15, 0.2) is 0 Å². The van der Waals surface area contributed by atoms with Crippen molar-refractivity contribution in [3.63, 3.8) is 0 Å². The molecule has 27 heavy (non-hydrogen) atoms. The van der Waals surface area contributed by atoms with Crippen LogP contribution in [0.25, 0.3) is 16.6 Å². The second-order valence-corrected chi connectivity index (χ2v) is 7.97. The third-order valence-corrected chi connectivity index (χ3v) is 6.65. The molecule has 2 N–H and O–H groups in total. The van der Waals surface area contributed by atoms with E-state index in [1.165, 1.54) is 16.3 Å². The van der Waals surface area contributed by atoms with Crippen LogP contribution < -0.4 is 0 Å².